The van der Waals surface area contributed by atoms with Crippen LogP contribution >= 0.6 is 30.2 Å². The lowest BCUT2D eigenvalue weighted by Crippen LogP contribution is -2.49. The second-order valence-electron chi connectivity index (χ2n) is 4.96. The van der Waals surface area contributed by atoms with E-state index < -0.39 is 35.5 Å². The summed E-state index contributed by atoms with van der Waals surface area (Å²) in [6.07, 6.45) is -2.91. The number of aliphatic carboxylic acids is 1. The Kier molecular flexibility index (Phi) is 7.00. The summed E-state index contributed by atoms with van der Waals surface area (Å²) in [6, 6.07) is 8.81. The molecule has 0 radical (unpaired) electrons. The van der Waals surface area contributed by atoms with E-state index in [2.05, 4.69) is 10.1 Å². The quantitative estimate of drug-likeness (QED) is 0.212. The maximum absolute atomic E-state index is 11.8. The van der Waals surface area contributed by atoms with Crippen LogP contribution in [0.25, 0.3) is 0 Å². The third-order valence-electron chi connectivity index (χ3n) is 2.74. The number of alkyl halides is 1. The van der Waals surface area contributed by atoms with Gasteiger partial charge in [-0.1, -0.05) is 52.9 Å². The normalized spacial score (nSPS) is 15.3. The van der Waals surface area contributed by atoms with Gasteiger partial charge >= 0.3 is 19.7 Å². The molecule has 8 nitrogen and oxygen atoms in total. The lowest BCUT2D eigenvalue weighted by Gasteiger charge is -2.29. The largest absolute Gasteiger partial charge is 0.479 e. The minimum absolute atomic E-state index is 0.135. The number of ether oxygens (including phenoxy) is 1. The van der Waals surface area contributed by atoms with E-state index in [1.54, 1.807) is 52.9 Å². The van der Waals surface area contributed by atoms with Crippen LogP contribution in [0.5, 0.6) is 0 Å². The zero-order valence-electron chi connectivity index (χ0n) is 12.2. The van der Waals surface area contributed by atoms with E-state index in [1.807, 2.05) is 0 Å². The number of carbonyl (C=O) groups excluding carboxylic acids is 1. The molecule has 0 aliphatic rings. The second-order valence-corrected chi connectivity index (χ2v) is 8.67. The molecule has 0 aliphatic heterocycles. The highest BCUT2D eigenvalue weighted by Crippen LogP contribution is 2.42. The van der Waals surface area contributed by atoms with Gasteiger partial charge < -0.3 is 24.9 Å². The van der Waals surface area contributed by atoms with Crippen LogP contribution in [0.2, 0.25) is 0 Å². The van der Waals surface area contributed by atoms with Gasteiger partial charge in [0.1, 0.15) is 3.55 Å². The summed E-state index contributed by atoms with van der Waals surface area (Å²) >= 11 is 1.73. The van der Waals surface area contributed by atoms with Gasteiger partial charge in [0.15, 0.2) is 6.10 Å². The fraction of sp³-hybridized carbons (Fsp3) is 0.385. The summed E-state index contributed by atoms with van der Waals surface area (Å²) in [5.41, 5.74) is 0.752. The average molecular weight is 457 g/mol. The SMILES string of the molecule is CC(OC(=O)NC(I)(Cc1ccccc1)CP(=O)(O)O)C(=O)O. The first-order valence-corrected chi connectivity index (χ1v) is 9.37. The van der Waals surface area contributed by atoms with Crippen molar-refractivity contribution in [2.24, 2.45) is 0 Å². The third-order valence-corrected chi connectivity index (χ3v) is 5.33. The number of carbonyl (C=O) groups is 2. The molecular weight excluding hydrogens is 440 g/mol. The van der Waals surface area contributed by atoms with Crippen molar-refractivity contribution in [3.05, 3.63) is 35.9 Å². The Morgan fingerprint density at radius 1 is 1.35 bits per heavy atom. The molecular formula is C13H17INO7P. The summed E-state index contributed by atoms with van der Waals surface area (Å²) in [6.45, 7) is 1.18. The summed E-state index contributed by atoms with van der Waals surface area (Å²) in [4.78, 5) is 41.0. The van der Waals surface area contributed by atoms with Gasteiger partial charge in [0.05, 0.1) is 6.16 Å². The van der Waals surface area contributed by atoms with Gasteiger partial charge in [-0.05, 0) is 12.5 Å². The van der Waals surface area contributed by atoms with Crippen LogP contribution in [0.1, 0.15) is 12.5 Å². The maximum Gasteiger partial charge on any atom is 0.409 e. The highest BCUT2D eigenvalue weighted by Gasteiger charge is 2.37. The van der Waals surface area contributed by atoms with Crippen molar-refractivity contribution in [1.29, 1.82) is 0 Å². The van der Waals surface area contributed by atoms with Crippen LogP contribution in [0.15, 0.2) is 30.3 Å². The molecule has 0 bridgehead atoms. The lowest BCUT2D eigenvalue weighted by molar-refractivity contribution is -0.145. The number of rotatable bonds is 7. The van der Waals surface area contributed by atoms with Crippen molar-refractivity contribution >= 4 is 42.2 Å². The standard InChI is InChI=1S/C13H17INO7P/c1-9(11(16)17)22-12(18)15-13(14,8-23(19,20)21)7-10-5-3-2-4-6-10/h2-6,9H,7-8H2,1H3,(H,15,18)(H,16,17)(H2,19,20,21). The summed E-state index contributed by atoms with van der Waals surface area (Å²) in [5.74, 6) is -1.32. The summed E-state index contributed by atoms with van der Waals surface area (Å²) in [7, 11) is -4.43. The average Bonchev–Trinajstić information content (AvgIpc) is 2.36. The number of hydrogen-bond acceptors (Lipinski definition) is 4. The molecule has 0 aliphatic carbocycles. The van der Waals surface area contributed by atoms with Crippen molar-refractivity contribution in [1.82, 2.24) is 5.32 Å². The molecule has 10 heteroatoms. The molecule has 4 N–H and O–H groups in total. The van der Waals surface area contributed by atoms with Crippen LogP contribution in [0.4, 0.5) is 4.79 Å². The molecule has 2 unspecified atom stereocenters. The maximum atomic E-state index is 11.8. The number of amides is 1. The van der Waals surface area contributed by atoms with Crippen molar-refractivity contribution < 1.29 is 33.8 Å². The molecule has 0 saturated heterocycles. The topological polar surface area (TPSA) is 133 Å². The minimum Gasteiger partial charge on any atom is -0.479 e. The van der Waals surface area contributed by atoms with Gasteiger partial charge in [0.2, 0.25) is 0 Å². The fourth-order valence-electron chi connectivity index (χ4n) is 1.81. The predicted octanol–water partition coefficient (Wildman–Crippen LogP) is 1.74. The second kappa shape index (κ2) is 8.09. The van der Waals surface area contributed by atoms with Crippen molar-refractivity contribution in [2.45, 2.75) is 23.0 Å². The van der Waals surface area contributed by atoms with Gasteiger partial charge in [-0.2, -0.15) is 0 Å². The Balaban J connectivity index is 2.89. The Morgan fingerprint density at radius 2 is 1.91 bits per heavy atom. The fourth-order valence-corrected chi connectivity index (χ4v) is 4.65. The third kappa shape index (κ3) is 7.78. The first-order chi connectivity index (χ1) is 10.5. The Labute approximate surface area is 146 Å². The van der Waals surface area contributed by atoms with Crippen LogP contribution in [-0.2, 0) is 20.5 Å². The van der Waals surface area contributed by atoms with Gasteiger partial charge in [-0.3, -0.25) is 4.57 Å². The molecule has 0 aromatic heterocycles. The van der Waals surface area contributed by atoms with E-state index >= 15 is 0 Å². The molecule has 1 rings (SSSR count). The van der Waals surface area contributed by atoms with Crippen LogP contribution in [-0.4, -0.2) is 42.8 Å². The molecule has 0 saturated carbocycles. The van der Waals surface area contributed by atoms with E-state index in [0.29, 0.717) is 0 Å². The molecule has 0 spiro atoms. The smallest absolute Gasteiger partial charge is 0.409 e. The Morgan fingerprint density at radius 3 is 2.39 bits per heavy atom. The van der Waals surface area contributed by atoms with Crippen LogP contribution in [0, 0.1) is 0 Å². The summed E-state index contributed by atoms with van der Waals surface area (Å²) in [5, 5.41) is 11.1. The number of halogens is 1. The first kappa shape index (κ1) is 19.9. The van der Waals surface area contributed by atoms with Gasteiger partial charge in [-0.15, -0.1) is 0 Å². The molecule has 128 valence electrons. The predicted molar refractivity (Wildman–Crippen MR) is 90.5 cm³/mol. The highest BCUT2D eigenvalue weighted by atomic mass is 127. The molecule has 1 amide bonds. The molecule has 0 fully saturated rings. The van der Waals surface area contributed by atoms with Crippen LogP contribution in [0.3, 0.4) is 0 Å². The molecule has 1 aromatic carbocycles. The number of benzene rings is 1. The van der Waals surface area contributed by atoms with Crippen molar-refractivity contribution in [3.63, 3.8) is 0 Å². The van der Waals surface area contributed by atoms with E-state index in [0.717, 1.165) is 5.56 Å². The minimum atomic E-state index is -4.43. The van der Waals surface area contributed by atoms with Gasteiger partial charge in [-0.25, -0.2) is 9.59 Å². The van der Waals surface area contributed by atoms with Crippen molar-refractivity contribution in [2.75, 3.05) is 6.16 Å². The Hall–Kier alpha value is -1.16. The van der Waals surface area contributed by atoms with E-state index in [-0.39, 0.29) is 6.42 Å². The highest BCUT2D eigenvalue weighted by molar-refractivity contribution is 14.1. The zero-order chi connectivity index (χ0) is 17.7. The number of alkyl carbamates (subject to hydrolysis) is 1. The van der Waals surface area contributed by atoms with Gasteiger partial charge in [0, 0.05) is 6.42 Å². The summed E-state index contributed by atoms with van der Waals surface area (Å²) < 4.78 is 14.7. The lowest BCUT2D eigenvalue weighted by atomic mass is 10.1. The number of nitrogens with one attached hydrogen (secondary N) is 1. The van der Waals surface area contributed by atoms with Gasteiger partial charge in [0.25, 0.3) is 0 Å². The van der Waals surface area contributed by atoms with Crippen molar-refractivity contribution in [3.8, 4) is 0 Å². The number of carboxylic acids is 1. The van der Waals surface area contributed by atoms with E-state index in [4.69, 9.17) is 5.11 Å². The number of carboxylic acid groups (broad SMARTS) is 1. The van der Waals surface area contributed by atoms with E-state index in [1.165, 1.54) is 6.92 Å². The molecule has 0 heterocycles. The first-order valence-electron chi connectivity index (χ1n) is 6.50. The molecule has 1 aromatic rings. The monoisotopic (exact) mass is 457 g/mol. The van der Waals surface area contributed by atoms with Crippen LogP contribution < -0.4 is 5.32 Å². The number of hydrogen-bond donors (Lipinski definition) is 4. The zero-order valence-corrected chi connectivity index (χ0v) is 15.2. The van der Waals surface area contributed by atoms with E-state index in [9.17, 15) is 23.9 Å². The Bertz CT molecular complexity index is 606. The molecule has 23 heavy (non-hydrogen) atoms. The molecule has 2 atom stereocenters.